The van der Waals surface area contributed by atoms with Gasteiger partial charge < -0.3 is 9.57 Å². The van der Waals surface area contributed by atoms with E-state index in [1.54, 1.807) is 18.2 Å². The molecule has 0 aliphatic carbocycles. The highest BCUT2D eigenvalue weighted by atomic mass is 35.5. The molecule has 4 rings (SSSR count). The summed E-state index contributed by atoms with van der Waals surface area (Å²) in [7, 11) is 0. The molecule has 0 atom stereocenters. The predicted molar refractivity (Wildman–Crippen MR) is 138 cm³/mol. The third-order valence-corrected chi connectivity index (χ3v) is 6.10. The first kappa shape index (κ1) is 26.4. The lowest BCUT2D eigenvalue weighted by atomic mass is 10.1. The van der Waals surface area contributed by atoms with E-state index in [4.69, 9.17) is 27.9 Å². The summed E-state index contributed by atoms with van der Waals surface area (Å²) in [5.74, 6) is 5.95. The number of hydrogen-bond donors (Lipinski definition) is 1. The van der Waals surface area contributed by atoms with Gasteiger partial charge in [0.15, 0.2) is 5.69 Å². The number of nitrogens with zero attached hydrogens (tertiary/aromatic N) is 4. The van der Waals surface area contributed by atoms with Gasteiger partial charge in [-0.25, -0.2) is 9.99 Å². The van der Waals surface area contributed by atoms with Crippen LogP contribution in [0.4, 0.5) is 0 Å². The Morgan fingerprint density at radius 1 is 1.22 bits per heavy atom. The SMILES string of the molecule is Cc1c(C(=O)NN2CCOCC2)nc(-c2ccc(Cl)cc2Cl)n1-c1ccc(C#CCCO[N+](=O)[O-])cc1. The van der Waals surface area contributed by atoms with Crippen LogP contribution in [0.1, 0.15) is 28.2 Å². The summed E-state index contributed by atoms with van der Waals surface area (Å²) in [4.78, 5) is 32.3. The van der Waals surface area contributed by atoms with Gasteiger partial charge in [-0.3, -0.25) is 14.8 Å². The molecule has 1 aromatic heterocycles. The van der Waals surface area contributed by atoms with E-state index in [1.807, 2.05) is 40.8 Å². The van der Waals surface area contributed by atoms with E-state index < -0.39 is 5.09 Å². The summed E-state index contributed by atoms with van der Waals surface area (Å²) in [6.45, 7) is 3.98. The minimum atomic E-state index is -0.843. The Morgan fingerprint density at radius 3 is 2.62 bits per heavy atom. The van der Waals surface area contributed by atoms with Crippen LogP contribution in [-0.2, 0) is 9.57 Å². The number of ether oxygens (including phenoxy) is 1. The monoisotopic (exact) mass is 543 g/mol. The highest BCUT2D eigenvalue weighted by Crippen LogP contribution is 2.33. The van der Waals surface area contributed by atoms with Crippen molar-refractivity contribution in [3.8, 4) is 28.9 Å². The van der Waals surface area contributed by atoms with E-state index in [9.17, 15) is 14.9 Å². The summed E-state index contributed by atoms with van der Waals surface area (Å²) in [6, 6.07) is 12.4. The molecule has 37 heavy (non-hydrogen) atoms. The molecule has 10 nitrogen and oxygen atoms in total. The molecule has 0 unspecified atom stereocenters. The smallest absolute Gasteiger partial charge is 0.294 e. The number of amides is 1. The Bertz CT molecular complexity index is 1360. The minimum absolute atomic E-state index is 0.0905. The zero-order valence-corrected chi connectivity index (χ0v) is 21.4. The maximum absolute atomic E-state index is 13.2. The summed E-state index contributed by atoms with van der Waals surface area (Å²) >= 11 is 12.6. The summed E-state index contributed by atoms with van der Waals surface area (Å²) in [6.07, 6.45) is 0.226. The Balaban J connectivity index is 1.67. The first-order valence-corrected chi connectivity index (χ1v) is 12.1. The molecule has 12 heteroatoms. The molecule has 2 aromatic carbocycles. The van der Waals surface area contributed by atoms with E-state index >= 15 is 0 Å². The molecule has 1 saturated heterocycles. The number of aromatic nitrogens is 2. The molecule has 3 aromatic rings. The zero-order valence-electron chi connectivity index (χ0n) is 19.9. The topological polar surface area (TPSA) is 112 Å². The van der Waals surface area contributed by atoms with Gasteiger partial charge >= 0.3 is 0 Å². The van der Waals surface area contributed by atoms with Crippen molar-refractivity contribution in [3.05, 3.63) is 79.6 Å². The Morgan fingerprint density at radius 2 is 1.95 bits per heavy atom. The molecule has 0 radical (unpaired) electrons. The molecular formula is C25H23Cl2N5O5. The van der Waals surface area contributed by atoms with Crippen molar-refractivity contribution in [3.63, 3.8) is 0 Å². The van der Waals surface area contributed by atoms with Gasteiger partial charge in [0.25, 0.3) is 11.0 Å². The Labute approximate surface area is 223 Å². The van der Waals surface area contributed by atoms with Crippen LogP contribution >= 0.6 is 23.2 Å². The summed E-state index contributed by atoms with van der Waals surface area (Å²) < 4.78 is 7.20. The number of nitrogens with one attached hydrogen (secondary N) is 1. The van der Waals surface area contributed by atoms with Gasteiger partial charge in [-0.05, 0) is 49.4 Å². The van der Waals surface area contributed by atoms with Gasteiger partial charge in [0.1, 0.15) is 12.4 Å². The number of carbonyl (C=O) groups excluding carboxylic acids is 1. The zero-order chi connectivity index (χ0) is 26.4. The van der Waals surface area contributed by atoms with Crippen LogP contribution in [0.15, 0.2) is 42.5 Å². The van der Waals surface area contributed by atoms with E-state index in [0.717, 1.165) is 11.3 Å². The molecule has 1 amide bonds. The van der Waals surface area contributed by atoms with Gasteiger partial charge in [-0.15, -0.1) is 10.1 Å². The van der Waals surface area contributed by atoms with E-state index in [1.165, 1.54) is 0 Å². The summed E-state index contributed by atoms with van der Waals surface area (Å²) in [5, 5.41) is 12.1. The number of rotatable bonds is 7. The fourth-order valence-corrected chi connectivity index (χ4v) is 4.28. The van der Waals surface area contributed by atoms with Crippen molar-refractivity contribution in [2.24, 2.45) is 0 Å². The molecule has 1 aliphatic rings. The number of hydrazine groups is 1. The standard InChI is InChI=1S/C25H23Cl2N5O5/c1-17-23(25(33)29-30-11-14-36-15-12-30)28-24(21-10-7-19(26)16-22(21)27)31(17)20-8-5-18(6-9-20)4-2-3-13-37-32(34)35/h5-10,16H,3,11-15H2,1H3,(H,29,33). The molecule has 0 bridgehead atoms. The van der Waals surface area contributed by atoms with Crippen LogP contribution in [0.5, 0.6) is 0 Å². The normalized spacial score (nSPS) is 13.5. The quantitative estimate of drug-likeness (QED) is 0.207. The molecule has 2 heterocycles. The number of hydrogen-bond acceptors (Lipinski definition) is 7. The van der Waals surface area contributed by atoms with Crippen molar-refractivity contribution in [1.29, 1.82) is 0 Å². The van der Waals surface area contributed by atoms with Crippen molar-refractivity contribution in [1.82, 2.24) is 20.0 Å². The second-order valence-corrected chi connectivity index (χ2v) is 8.87. The van der Waals surface area contributed by atoms with E-state index in [0.29, 0.717) is 53.4 Å². The van der Waals surface area contributed by atoms with Crippen LogP contribution in [0.3, 0.4) is 0 Å². The molecule has 1 aliphatic heterocycles. The van der Waals surface area contributed by atoms with Gasteiger partial charge in [-0.1, -0.05) is 35.0 Å². The van der Waals surface area contributed by atoms with E-state index in [-0.39, 0.29) is 24.6 Å². The van der Waals surface area contributed by atoms with Gasteiger partial charge in [0.2, 0.25) is 0 Å². The van der Waals surface area contributed by atoms with Gasteiger partial charge in [-0.2, -0.15) is 0 Å². The van der Waals surface area contributed by atoms with Gasteiger partial charge in [0, 0.05) is 41.3 Å². The molecule has 192 valence electrons. The Hall–Kier alpha value is -3.62. The second kappa shape index (κ2) is 12.1. The number of morpholine rings is 1. The Kier molecular flexibility index (Phi) is 8.63. The molecule has 0 spiro atoms. The van der Waals surface area contributed by atoms with Crippen LogP contribution < -0.4 is 5.43 Å². The average molecular weight is 544 g/mol. The molecule has 1 N–H and O–H groups in total. The van der Waals surface area contributed by atoms with Crippen LogP contribution in [-0.4, -0.2) is 58.5 Å². The maximum atomic E-state index is 13.2. The van der Waals surface area contributed by atoms with Crippen LogP contribution in [0, 0.1) is 28.9 Å². The van der Waals surface area contributed by atoms with Crippen molar-refractivity contribution >= 4 is 29.1 Å². The first-order chi connectivity index (χ1) is 17.8. The lowest BCUT2D eigenvalue weighted by Crippen LogP contribution is -2.48. The van der Waals surface area contributed by atoms with Crippen molar-refractivity contribution in [2.75, 3.05) is 32.9 Å². The predicted octanol–water partition coefficient (Wildman–Crippen LogP) is 4.08. The highest BCUT2D eigenvalue weighted by molar-refractivity contribution is 6.36. The van der Waals surface area contributed by atoms with Crippen LogP contribution in [0.25, 0.3) is 17.1 Å². The minimum Gasteiger partial charge on any atom is -0.379 e. The average Bonchev–Trinajstić information content (AvgIpc) is 3.21. The van der Waals surface area contributed by atoms with E-state index in [2.05, 4.69) is 27.1 Å². The van der Waals surface area contributed by atoms with Gasteiger partial charge in [0.05, 0.1) is 23.9 Å². The molecule has 1 fully saturated rings. The molecule has 0 saturated carbocycles. The molecular weight excluding hydrogens is 521 g/mol. The number of carbonyl (C=O) groups is 1. The number of halogens is 2. The van der Waals surface area contributed by atoms with Crippen molar-refractivity contribution < 1.29 is 19.5 Å². The maximum Gasteiger partial charge on any atom is 0.294 e. The van der Waals surface area contributed by atoms with Crippen LogP contribution in [0.2, 0.25) is 10.0 Å². The first-order valence-electron chi connectivity index (χ1n) is 11.4. The lowest BCUT2D eigenvalue weighted by molar-refractivity contribution is -0.757. The number of imidazole rings is 1. The largest absolute Gasteiger partial charge is 0.379 e. The van der Waals surface area contributed by atoms with Crippen molar-refractivity contribution in [2.45, 2.75) is 13.3 Å². The fourth-order valence-electron chi connectivity index (χ4n) is 3.79. The lowest BCUT2D eigenvalue weighted by Gasteiger charge is -2.26. The third kappa shape index (κ3) is 6.58. The highest BCUT2D eigenvalue weighted by Gasteiger charge is 2.24. The third-order valence-electron chi connectivity index (χ3n) is 5.55. The second-order valence-electron chi connectivity index (χ2n) is 8.02. The number of benzene rings is 2. The summed E-state index contributed by atoms with van der Waals surface area (Å²) in [5.41, 5.74) is 5.89. The fraction of sp³-hybridized carbons (Fsp3) is 0.280.